The summed E-state index contributed by atoms with van der Waals surface area (Å²) >= 11 is 0. The fourth-order valence-electron chi connectivity index (χ4n) is 3.62. The van der Waals surface area contributed by atoms with Gasteiger partial charge in [0.2, 0.25) is 0 Å². The number of hydrogen-bond donors (Lipinski definition) is 1. The van der Waals surface area contributed by atoms with Gasteiger partial charge in [-0.25, -0.2) is 0 Å². The maximum atomic E-state index is 6.64. The summed E-state index contributed by atoms with van der Waals surface area (Å²) in [5.41, 5.74) is 12.6. The van der Waals surface area contributed by atoms with Gasteiger partial charge < -0.3 is 5.73 Å². The van der Waals surface area contributed by atoms with Crippen molar-refractivity contribution in [3.63, 3.8) is 0 Å². The highest BCUT2D eigenvalue weighted by Gasteiger charge is 2.26. The summed E-state index contributed by atoms with van der Waals surface area (Å²) in [4.78, 5) is 0. The lowest BCUT2D eigenvalue weighted by Gasteiger charge is -2.25. The van der Waals surface area contributed by atoms with Crippen LogP contribution in [0.15, 0.2) is 12.1 Å². The SMILES string of the molecule is CCc1cc(CC)c(C(N)C2CCCC2)c(CC)c1. The highest BCUT2D eigenvalue weighted by atomic mass is 14.7. The Kier molecular flexibility index (Phi) is 5.04. The molecule has 0 aromatic heterocycles. The Balaban J connectivity index is 2.40. The molecule has 1 heteroatoms. The molecule has 1 atom stereocenters. The number of nitrogens with two attached hydrogens (primary N) is 1. The minimum Gasteiger partial charge on any atom is -0.324 e. The second kappa shape index (κ2) is 6.56. The fraction of sp³-hybridized carbons (Fsp3) is 0.667. The number of benzene rings is 1. The lowest BCUT2D eigenvalue weighted by molar-refractivity contribution is 0.440. The van der Waals surface area contributed by atoms with Gasteiger partial charge in [-0.1, -0.05) is 45.7 Å². The van der Waals surface area contributed by atoms with E-state index in [1.54, 1.807) is 0 Å². The molecular weight excluding hydrogens is 230 g/mol. The van der Waals surface area contributed by atoms with E-state index in [9.17, 15) is 0 Å². The minimum absolute atomic E-state index is 0.262. The predicted molar refractivity (Wildman–Crippen MR) is 83.5 cm³/mol. The highest BCUT2D eigenvalue weighted by molar-refractivity contribution is 5.42. The van der Waals surface area contributed by atoms with Crippen LogP contribution in [-0.2, 0) is 19.3 Å². The van der Waals surface area contributed by atoms with Crippen LogP contribution in [0.3, 0.4) is 0 Å². The molecule has 0 spiro atoms. The standard InChI is InChI=1S/C18H29N/c1-4-13-11-14(5-2)17(15(6-3)12-13)18(19)16-9-7-8-10-16/h11-12,16,18H,4-10,19H2,1-3H3. The largest absolute Gasteiger partial charge is 0.324 e. The Labute approximate surface area is 118 Å². The van der Waals surface area contributed by atoms with E-state index in [0.717, 1.165) is 19.3 Å². The molecule has 106 valence electrons. The van der Waals surface area contributed by atoms with Crippen molar-refractivity contribution in [1.82, 2.24) is 0 Å². The van der Waals surface area contributed by atoms with Gasteiger partial charge in [-0.3, -0.25) is 0 Å². The molecule has 0 amide bonds. The molecular formula is C18H29N. The first kappa shape index (κ1) is 14.6. The summed E-state index contributed by atoms with van der Waals surface area (Å²) in [6.07, 6.45) is 8.72. The number of rotatable bonds is 5. The zero-order valence-corrected chi connectivity index (χ0v) is 12.8. The summed E-state index contributed by atoms with van der Waals surface area (Å²) in [6.45, 7) is 6.77. The molecule has 2 rings (SSSR count). The van der Waals surface area contributed by atoms with Crippen molar-refractivity contribution in [1.29, 1.82) is 0 Å². The smallest absolute Gasteiger partial charge is 0.0329 e. The normalized spacial score (nSPS) is 17.9. The van der Waals surface area contributed by atoms with Gasteiger partial charge >= 0.3 is 0 Å². The van der Waals surface area contributed by atoms with Gasteiger partial charge in [0, 0.05) is 6.04 Å². The maximum absolute atomic E-state index is 6.64. The van der Waals surface area contributed by atoms with E-state index in [1.165, 1.54) is 47.9 Å². The van der Waals surface area contributed by atoms with Crippen molar-refractivity contribution in [2.75, 3.05) is 0 Å². The molecule has 2 N–H and O–H groups in total. The molecule has 1 fully saturated rings. The van der Waals surface area contributed by atoms with Crippen molar-refractivity contribution in [2.24, 2.45) is 11.7 Å². The van der Waals surface area contributed by atoms with Gasteiger partial charge in [0.05, 0.1) is 0 Å². The van der Waals surface area contributed by atoms with Gasteiger partial charge in [-0.15, -0.1) is 0 Å². The molecule has 1 aromatic carbocycles. The van der Waals surface area contributed by atoms with Crippen molar-refractivity contribution in [3.8, 4) is 0 Å². The van der Waals surface area contributed by atoms with Crippen LogP contribution in [0.5, 0.6) is 0 Å². The van der Waals surface area contributed by atoms with Crippen LogP contribution in [0.2, 0.25) is 0 Å². The molecule has 19 heavy (non-hydrogen) atoms. The third kappa shape index (κ3) is 3.02. The van der Waals surface area contributed by atoms with Gasteiger partial charge in [0.1, 0.15) is 0 Å². The van der Waals surface area contributed by atoms with Crippen LogP contribution in [0.4, 0.5) is 0 Å². The van der Waals surface area contributed by atoms with Crippen molar-refractivity contribution in [2.45, 2.75) is 71.8 Å². The van der Waals surface area contributed by atoms with E-state index in [0.29, 0.717) is 5.92 Å². The van der Waals surface area contributed by atoms with Gasteiger partial charge in [-0.2, -0.15) is 0 Å². The first-order valence-electron chi connectivity index (χ1n) is 8.11. The topological polar surface area (TPSA) is 26.0 Å². The van der Waals surface area contributed by atoms with Crippen molar-refractivity contribution < 1.29 is 0 Å². The van der Waals surface area contributed by atoms with E-state index < -0.39 is 0 Å². The summed E-state index contributed by atoms with van der Waals surface area (Å²) in [5.74, 6) is 0.711. The molecule has 1 aromatic rings. The van der Waals surface area contributed by atoms with E-state index in [-0.39, 0.29) is 6.04 Å². The zero-order valence-electron chi connectivity index (χ0n) is 12.8. The monoisotopic (exact) mass is 259 g/mol. The third-order valence-corrected chi connectivity index (χ3v) is 4.82. The Bertz CT molecular complexity index is 391. The number of aryl methyl sites for hydroxylation is 3. The first-order valence-corrected chi connectivity index (χ1v) is 8.11. The molecule has 0 radical (unpaired) electrons. The van der Waals surface area contributed by atoms with Crippen molar-refractivity contribution >= 4 is 0 Å². The number of hydrogen-bond acceptors (Lipinski definition) is 1. The van der Waals surface area contributed by atoms with Crippen LogP contribution in [0.1, 0.15) is 74.8 Å². The summed E-state index contributed by atoms with van der Waals surface area (Å²) in [5, 5.41) is 0. The van der Waals surface area contributed by atoms with E-state index in [2.05, 4.69) is 32.9 Å². The molecule has 1 unspecified atom stereocenters. The third-order valence-electron chi connectivity index (χ3n) is 4.82. The van der Waals surface area contributed by atoms with Crippen molar-refractivity contribution in [3.05, 3.63) is 34.4 Å². The van der Waals surface area contributed by atoms with E-state index in [1.807, 2.05) is 0 Å². The van der Waals surface area contributed by atoms with Gasteiger partial charge in [0.25, 0.3) is 0 Å². The predicted octanol–water partition coefficient (Wildman–Crippen LogP) is 4.56. The summed E-state index contributed by atoms with van der Waals surface area (Å²) in [7, 11) is 0. The van der Waals surface area contributed by atoms with E-state index >= 15 is 0 Å². The Morgan fingerprint density at radius 3 is 1.95 bits per heavy atom. The quantitative estimate of drug-likeness (QED) is 0.824. The average molecular weight is 259 g/mol. The van der Waals surface area contributed by atoms with E-state index in [4.69, 9.17) is 5.73 Å². The Morgan fingerprint density at radius 2 is 1.53 bits per heavy atom. The summed E-state index contributed by atoms with van der Waals surface area (Å²) < 4.78 is 0. The molecule has 1 aliphatic carbocycles. The first-order chi connectivity index (χ1) is 9.21. The van der Waals surface area contributed by atoms with Crippen LogP contribution >= 0.6 is 0 Å². The van der Waals surface area contributed by atoms with Crippen LogP contribution in [0, 0.1) is 5.92 Å². The minimum atomic E-state index is 0.262. The Hall–Kier alpha value is -0.820. The molecule has 1 aliphatic rings. The second-order valence-corrected chi connectivity index (χ2v) is 5.96. The fourth-order valence-corrected chi connectivity index (χ4v) is 3.62. The lowest BCUT2D eigenvalue weighted by atomic mass is 9.83. The van der Waals surface area contributed by atoms with Gasteiger partial charge in [0.15, 0.2) is 0 Å². The Morgan fingerprint density at radius 1 is 1.00 bits per heavy atom. The molecule has 0 aliphatic heterocycles. The maximum Gasteiger partial charge on any atom is 0.0329 e. The van der Waals surface area contributed by atoms with Crippen LogP contribution in [0.25, 0.3) is 0 Å². The molecule has 1 nitrogen and oxygen atoms in total. The molecule has 0 bridgehead atoms. The lowest BCUT2D eigenvalue weighted by Crippen LogP contribution is -2.22. The second-order valence-electron chi connectivity index (χ2n) is 5.96. The summed E-state index contributed by atoms with van der Waals surface area (Å²) in [6, 6.07) is 5.05. The molecule has 0 saturated heterocycles. The van der Waals surface area contributed by atoms with Gasteiger partial charge in [-0.05, 0) is 60.3 Å². The zero-order chi connectivity index (χ0) is 13.8. The van der Waals surface area contributed by atoms with Crippen LogP contribution < -0.4 is 5.73 Å². The highest BCUT2D eigenvalue weighted by Crippen LogP contribution is 2.37. The molecule has 1 saturated carbocycles. The van der Waals surface area contributed by atoms with Crippen LogP contribution in [-0.4, -0.2) is 0 Å². The molecule has 0 heterocycles. The average Bonchev–Trinajstić information content (AvgIpc) is 2.99.